The number of hydrogen-bond acceptors (Lipinski definition) is 4. The number of ether oxygens (including phenoxy) is 1. The zero-order chi connectivity index (χ0) is 11.4. The Kier molecular flexibility index (Phi) is 3.59. The molecule has 0 aliphatic heterocycles. The summed E-state index contributed by atoms with van der Waals surface area (Å²) in [5.74, 6) is 2.14. The Morgan fingerprint density at radius 2 is 2.38 bits per heavy atom. The van der Waals surface area contributed by atoms with Crippen LogP contribution in [0.3, 0.4) is 0 Å². The third kappa shape index (κ3) is 2.84. The standard InChI is InChI=1S/C12H19N3O/c1-3-7-16-11-5-6-13-12(15-11)14-10-8-9(10)4-2/h5-6,9-10H,3-4,7-8H2,1-2H3,(H,13,14,15). The van der Waals surface area contributed by atoms with Crippen LogP contribution in [0.15, 0.2) is 12.3 Å². The maximum absolute atomic E-state index is 5.46. The van der Waals surface area contributed by atoms with E-state index in [0.717, 1.165) is 12.3 Å². The average Bonchev–Trinajstić information content (AvgIpc) is 3.05. The summed E-state index contributed by atoms with van der Waals surface area (Å²) < 4.78 is 5.46. The lowest BCUT2D eigenvalue weighted by Gasteiger charge is -2.06. The largest absolute Gasteiger partial charge is 0.478 e. The van der Waals surface area contributed by atoms with Crippen LogP contribution in [0.1, 0.15) is 33.1 Å². The van der Waals surface area contributed by atoms with Crippen LogP contribution >= 0.6 is 0 Å². The van der Waals surface area contributed by atoms with Crippen molar-refractivity contribution < 1.29 is 4.74 Å². The Balaban J connectivity index is 1.89. The number of aromatic nitrogens is 2. The van der Waals surface area contributed by atoms with Gasteiger partial charge < -0.3 is 10.1 Å². The Hall–Kier alpha value is -1.32. The van der Waals surface area contributed by atoms with Gasteiger partial charge >= 0.3 is 0 Å². The fraction of sp³-hybridized carbons (Fsp3) is 0.667. The van der Waals surface area contributed by atoms with Gasteiger partial charge in [-0.2, -0.15) is 4.98 Å². The minimum absolute atomic E-state index is 0.562. The minimum atomic E-state index is 0.562. The number of nitrogens with zero attached hydrogens (tertiary/aromatic N) is 2. The summed E-state index contributed by atoms with van der Waals surface area (Å²) in [5.41, 5.74) is 0. The zero-order valence-electron chi connectivity index (χ0n) is 9.94. The molecule has 1 fully saturated rings. The SMILES string of the molecule is CCCOc1ccnc(NC2CC2CC)n1. The fourth-order valence-corrected chi connectivity index (χ4v) is 1.74. The molecule has 1 aromatic heterocycles. The highest BCUT2D eigenvalue weighted by Gasteiger charge is 2.35. The third-order valence-corrected chi connectivity index (χ3v) is 2.85. The molecule has 88 valence electrons. The maximum atomic E-state index is 5.46. The van der Waals surface area contributed by atoms with E-state index >= 15 is 0 Å². The molecule has 1 N–H and O–H groups in total. The van der Waals surface area contributed by atoms with Crippen LogP contribution in [0.25, 0.3) is 0 Å². The van der Waals surface area contributed by atoms with Crippen LogP contribution in [0.5, 0.6) is 5.88 Å². The molecule has 2 rings (SSSR count). The summed E-state index contributed by atoms with van der Waals surface area (Å²) in [7, 11) is 0. The number of nitrogens with one attached hydrogen (secondary N) is 1. The number of rotatable bonds is 6. The second-order valence-corrected chi connectivity index (χ2v) is 4.22. The second kappa shape index (κ2) is 5.14. The van der Waals surface area contributed by atoms with Crippen LogP contribution in [0.4, 0.5) is 5.95 Å². The lowest BCUT2D eigenvalue weighted by Crippen LogP contribution is -2.08. The van der Waals surface area contributed by atoms with Gasteiger partial charge in [-0.05, 0) is 18.8 Å². The molecule has 1 heterocycles. The molecule has 1 aliphatic rings. The van der Waals surface area contributed by atoms with Gasteiger partial charge in [-0.3, -0.25) is 0 Å². The third-order valence-electron chi connectivity index (χ3n) is 2.85. The smallest absolute Gasteiger partial charge is 0.226 e. The molecule has 1 aliphatic carbocycles. The van der Waals surface area contributed by atoms with Gasteiger partial charge in [0.15, 0.2) is 0 Å². The van der Waals surface area contributed by atoms with E-state index in [-0.39, 0.29) is 0 Å². The van der Waals surface area contributed by atoms with Crippen molar-refractivity contribution in [2.24, 2.45) is 5.92 Å². The minimum Gasteiger partial charge on any atom is -0.478 e. The van der Waals surface area contributed by atoms with Crippen molar-refractivity contribution in [1.82, 2.24) is 9.97 Å². The molecule has 2 unspecified atom stereocenters. The molecule has 1 aromatic rings. The van der Waals surface area contributed by atoms with Crippen molar-refractivity contribution in [1.29, 1.82) is 0 Å². The van der Waals surface area contributed by atoms with Crippen molar-refractivity contribution >= 4 is 5.95 Å². The molecule has 4 nitrogen and oxygen atoms in total. The van der Waals surface area contributed by atoms with Crippen LogP contribution in [-0.2, 0) is 0 Å². The molecule has 0 bridgehead atoms. The van der Waals surface area contributed by atoms with Crippen molar-refractivity contribution in [3.05, 3.63) is 12.3 Å². The van der Waals surface area contributed by atoms with Crippen LogP contribution in [0, 0.1) is 5.92 Å². The molecule has 0 saturated heterocycles. The summed E-state index contributed by atoms with van der Waals surface area (Å²) in [6, 6.07) is 2.36. The van der Waals surface area contributed by atoms with E-state index in [1.807, 2.05) is 0 Å². The Bertz CT molecular complexity index is 343. The van der Waals surface area contributed by atoms with E-state index in [9.17, 15) is 0 Å². The van der Waals surface area contributed by atoms with Crippen LogP contribution in [0.2, 0.25) is 0 Å². The molecule has 1 saturated carbocycles. The molecule has 0 amide bonds. The first-order valence-electron chi connectivity index (χ1n) is 6.05. The van der Waals surface area contributed by atoms with Crippen molar-refractivity contribution in [2.75, 3.05) is 11.9 Å². The predicted molar refractivity (Wildman–Crippen MR) is 63.6 cm³/mol. The average molecular weight is 221 g/mol. The van der Waals surface area contributed by atoms with E-state index in [1.54, 1.807) is 12.3 Å². The van der Waals surface area contributed by atoms with Crippen molar-refractivity contribution in [3.63, 3.8) is 0 Å². The van der Waals surface area contributed by atoms with E-state index in [0.29, 0.717) is 24.5 Å². The molecule has 0 radical (unpaired) electrons. The van der Waals surface area contributed by atoms with E-state index < -0.39 is 0 Å². The Morgan fingerprint density at radius 1 is 1.50 bits per heavy atom. The van der Waals surface area contributed by atoms with Gasteiger partial charge in [0.25, 0.3) is 0 Å². The summed E-state index contributed by atoms with van der Waals surface area (Å²) in [6.45, 7) is 5.00. The summed E-state index contributed by atoms with van der Waals surface area (Å²) in [6.07, 6.45) is 5.19. The normalized spacial score (nSPS) is 22.9. The summed E-state index contributed by atoms with van der Waals surface area (Å²) >= 11 is 0. The lowest BCUT2D eigenvalue weighted by molar-refractivity contribution is 0.305. The monoisotopic (exact) mass is 221 g/mol. The first-order chi connectivity index (χ1) is 7.83. The fourth-order valence-electron chi connectivity index (χ4n) is 1.74. The van der Waals surface area contributed by atoms with Crippen LogP contribution < -0.4 is 10.1 Å². The second-order valence-electron chi connectivity index (χ2n) is 4.22. The Morgan fingerprint density at radius 3 is 3.06 bits per heavy atom. The first-order valence-corrected chi connectivity index (χ1v) is 6.05. The van der Waals surface area contributed by atoms with E-state index in [2.05, 4.69) is 29.1 Å². The van der Waals surface area contributed by atoms with Crippen molar-refractivity contribution in [3.8, 4) is 5.88 Å². The van der Waals surface area contributed by atoms with Crippen molar-refractivity contribution in [2.45, 2.75) is 39.2 Å². The predicted octanol–water partition coefficient (Wildman–Crippen LogP) is 2.48. The van der Waals surface area contributed by atoms with Crippen LogP contribution in [-0.4, -0.2) is 22.6 Å². The summed E-state index contributed by atoms with van der Waals surface area (Å²) in [4.78, 5) is 8.51. The maximum Gasteiger partial charge on any atom is 0.226 e. The quantitative estimate of drug-likeness (QED) is 0.801. The van der Waals surface area contributed by atoms with Gasteiger partial charge in [0.05, 0.1) is 6.61 Å². The van der Waals surface area contributed by atoms with Gasteiger partial charge in [-0.25, -0.2) is 4.98 Å². The molecule has 16 heavy (non-hydrogen) atoms. The highest BCUT2D eigenvalue weighted by molar-refractivity contribution is 5.31. The van der Waals surface area contributed by atoms with Gasteiger partial charge in [0, 0.05) is 18.3 Å². The molecule has 0 spiro atoms. The molecule has 2 atom stereocenters. The first kappa shape index (κ1) is 11.2. The number of anilines is 1. The molecular weight excluding hydrogens is 202 g/mol. The topological polar surface area (TPSA) is 47.0 Å². The molecule has 4 heteroatoms. The lowest BCUT2D eigenvalue weighted by atomic mass is 10.3. The zero-order valence-corrected chi connectivity index (χ0v) is 9.94. The Labute approximate surface area is 96.4 Å². The van der Waals surface area contributed by atoms with E-state index in [4.69, 9.17) is 4.74 Å². The van der Waals surface area contributed by atoms with Gasteiger partial charge in [0.2, 0.25) is 11.8 Å². The highest BCUT2D eigenvalue weighted by Crippen LogP contribution is 2.35. The molecular formula is C12H19N3O. The highest BCUT2D eigenvalue weighted by atomic mass is 16.5. The summed E-state index contributed by atoms with van der Waals surface area (Å²) in [5, 5.41) is 3.33. The van der Waals surface area contributed by atoms with E-state index in [1.165, 1.54) is 12.8 Å². The number of hydrogen-bond donors (Lipinski definition) is 1. The molecule has 0 aromatic carbocycles. The van der Waals surface area contributed by atoms with Gasteiger partial charge in [0.1, 0.15) is 0 Å². The van der Waals surface area contributed by atoms with Gasteiger partial charge in [-0.15, -0.1) is 0 Å². The van der Waals surface area contributed by atoms with Gasteiger partial charge in [-0.1, -0.05) is 20.3 Å².